The third kappa shape index (κ3) is 3.14. The van der Waals surface area contributed by atoms with Crippen molar-refractivity contribution < 1.29 is 18.6 Å². The van der Waals surface area contributed by atoms with E-state index in [2.05, 4.69) is 0 Å². The number of hydrogen-bond donors (Lipinski definition) is 1. The molecule has 0 aromatic heterocycles. The molecule has 106 valence electrons. The first-order valence-corrected chi connectivity index (χ1v) is 6.28. The Bertz CT molecular complexity index is 611. The molecule has 1 atom stereocenters. The SMILES string of the molecule is COc1ccc(C)cc1CC(O)c1ccc(F)cc1F. The van der Waals surface area contributed by atoms with Crippen LogP contribution in [0, 0.1) is 18.6 Å². The average molecular weight is 278 g/mol. The molecule has 0 radical (unpaired) electrons. The first-order chi connectivity index (χ1) is 9.51. The molecule has 0 saturated heterocycles. The summed E-state index contributed by atoms with van der Waals surface area (Å²) in [5.41, 5.74) is 1.88. The second kappa shape index (κ2) is 6.01. The fraction of sp³-hybridized carbons (Fsp3) is 0.250. The molecule has 0 spiro atoms. The van der Waals surface area contributed by atoms with E-state index >= 15 is 0 Å². The molecule has 2 aromatic carbocycles. The number of rotatable bonds is 4. The molecule has 2 rings (SSSR count). The molecule has 2 aromatic rings. The average Bonchev–Trinajstić information content (AvgIpc) is 2.38. The zero-order valence-corrected chi connectivity index (χ0v) is 11.4. The van der Waals surface area contributed by atoms with Crippen LogP contribution in [0.2, 0.25) is 0 Å². The maximum absolute atomic E-state index is 13.6. The lowest BCUT2D eigenvalue weighted by Crippen LogP contribution is -2.06. The second-order valence-corrected chi connectivity index (χ2v) is 4.70. The predicted octanol–water partition coefficient (Wildman–Crippen LogP) is 3.56. The van der Waals surface area contributed by atoms with Crippen molar-refractivity contribution in [2.24, 2.45) is 0 Å². The summed E-state index contributed by atoms with van der Waals surface area (Å²) in [5, 5.41) is 10.1. The van der Waals surface area contributed by atoms with Crippen LogP contribution >= 0.6 is 0 Å². The van der Waals surface area contributed by atoms with Gasteiger partial charge in [0, 0.05) is 18.1 Å². The molecular formula is C16H16F2O2. The third-order valence-electron chi connectivity index (χ3n) is 3.17. The van der Waals surface area contributed by atoms with Crippen molar-refractivity contribution >= 4 is 0 Å². The van der Waals surface area contributed by atoms with Gasteiger partial charge in [0.25, 0.3) is 0 Å². The number of hydrogen-bond acceptors (Lipinski definition) is 2. The van der Waals surface area contributed by atoms with Gasteiger partial charge in [0.1, 0.15) is 17.4 Å². The molecule has 1 N–H and O–H groups in total. The highest BCUT2D eigenvalue weighted by Gasteiger charge is 2.16. The van der Waals surface area contributed by atoms with Crippen LogP contribution in [0.25, 0.3) is 0 Å². The molecule has 0 saturated carbocycles. The Labute approximate surface area is 116 Å². The number of aliphatic hydroxyl groups excluding tert-OH is 1. The number of aliphatic hydroxyl groups is 1. The lowest BCUT2D eigenvalue weighted by molar-refractivity contribution is 0.172. The van der Waals surface area contributed by atoms with Gasteiger partial charge in [0.05, 0.1) is 13.2 Å². The number of methoxy groups -OCH3 is 1. The Balaban J connectivity index is 2.27. The van der Waals surface area contributed by atoms with E-state index in [-0.39, 0.29) is 12.0 Å². The van der Waals surface area contributed by atoms with E-state index in [1.807, 2.05) is 19.1 Å². The third-order valence-corrected chi connectivity index (χ3v) is 3.17. The molecule has 4 heteroatoms. The van der Waals surface area contributed by atoms with E-state index in [1.54, 1.807) is 13.2 Å². The van der Waals surface area contributed by atoms with E-state index in [0.717, 1.165) is 23.3 Å². The van der Waals surface area contributed by atoms with Gasteiger partial charge >= 0.3 is 0 Å². The van der Waals surface area contributed by atoms with E-state index < -0.39 is 17.7 Å². The molecule has 0 aliphatic heterocycles. The molecule has 0 fully saturated rings. The minimum absolute atomic E-state index is 0.0787. The fourth-order valence-electron chi connectivity index (χ4n) is 2.16. The predicted molar refractivity (Wildman–Crippen MR) is 72.8 cm³/mol. The first kappa shape index (κ1) is 14.5. The van der Waals surface area contributed by atoms with Crippen LogP contribution in [0.15, 0.2) is 36.4 Å². The lowest BCUT2D eigenvalue weighted by Gasteiger charge is -2.15. The zero-order valence-electron chi connectivity index (χ0n) is 11.4. The van der Waals surface area contributed by atoms with Crippen molar-refractivity contribution in [2.75, 3.05) is 7.11 Å². The van der Waals surface area contributed by atoms with Crippen LogP contribution in [0.1, 0.15) is 22.8 Å². The summed E-state index contributed by atoms with van der Waals surface area (Å²) in [5.74, 6) is -0.770. The van der Waals surface area contributed by atoms with Gasteiger partial charge in [-0.1, -0.05) is 23.8 Å². The number of aryl methyl sites for hydroxylation is 1. The van der Waals surface area contributed by atoms with Crippen molar-refractivity contribution in [2.45, 2.75) is 19.4 Å². The normalized spacial score (nSPS) is 12.2. The highest BCUT2D eigenvalue weighted by atomic mass is 19.1. The Morgan fingerprint density at radius 3 is 2.55 bits per heavy atom. The summed E-state index contributed by atoms with van der Waals surface area (Å²) in [6.45, 7) is 1.92. The molecule has 0 amide bonds. The van der Waals surface area contributed by atoms with Gasteiger partial charge in [-0.05, 0) is 24.6 Å². The summed E-state index contributed by atoms with van der Waals surface area (Å²) in [7, 11) is 1.54. The highest BCUT2D eigenvalue weighted by Crippen LogP contribution is 2.27. The maximum atomic E-state index is 13.6. The Morgan fingerprint density at radius 1 is 1.15 bits per heavy atom. The highest BCUT2D eigenvalue weighted by molar-refractivity contribution is 5.38. The van der Waals surface area contributed by atoms with Crippen LogP contribution in [-0.4, -0.2) is 12.2 Å². The number of halogens is 2. The molecule has 1 unspecified atom stereocenters. The maximum Gasteiger partial charge on any atom is 0.131 e. The van der Waals surface area contributed by atoms with Crippen LogP contribution in [0.4, 0.5) is 8.78 Å². The van der Waals surface area contributed by atoms with E-state index in [0.29, 0.717) is 5.75 Å². The lowest BCUT2D eigenvalue weighted by atomic mass is 9.99. The zero-order chi connectivity index (χ0) is 14.7. The number of ether oxygens (including phenoxy) is 1. The smallest absolute Gasteiger partial charge is 0.131 e. The molecular weight excluding hydrogens is 262 g/mol. The van der Waals surface area contributed by atoms with Crippen LogP contribution in [-0.2, 0) is 6.42 Å². The van der Waals surface area contributed by atoms with Crippen molar-refractivity contribution in [3.63, 3.8) is 0 Å². The Hall–Kier alpha value is -1.94. The quantitative estimate of drug-likeness (QED) is 0.926. The van der Waals surface area contributed by atoms with E-state index in [1.165, 1.54) is 6.07 Å². The van der Waals surface area contributed by atoms with Crippen LogP contribution < -0.4 is 4.74 Å². The standard InChI is InChI=1S/C16H16F2O2/c1-10-3-6-16(20-2)11(7-10)8-15(19)13-5-4-12(17)9-14(13)18/h3-7,9,15,19H,8H2,1-2H3. The summed E-state index contributed by atoms with van der Waals surface area (Å²) in [6, 6.07) is 8.74. The first-order valence-electron chi connectivity index (χ1n) is 6.28. The van der Waals surface area contributed by atoms with Crippen LogP contribution in [0.5, 0.6) is 5.75 Å². The van der Waals surface area contributed by atoms with Crippen LogP contribution in [0.3, 0.4) is 0 Å². The van der Waals surface area contributed by atoms with Gasteiger partial charge in [-0.25, -0.2) is 8.78 Å². The molecule has 0 aliphatic carbocycles. The largest absolute Gasteiger partial charge is 0.496 e. The van der Waals surface area contributed by atoms with Crippen molar-refractivity contribution in [1.82, 2.24) is 0 Å². The second-order valence-electron chi connectivity index (χ2n) is 4.70. The fourth-order valence-corrected chi connectivity index (χ4v) is 2.16. The number of benzene rings is 2. The summed E-state index contributed by atoms with van der Waals surface area (Å²) < 4.78 is 31.7. The monoisotopic (exact) mass is 278 g/mol. The van der Waals surface area contributed by atoms with Gasteiger partial charge in [0.2, 0.25) is 0 Å². The molecule has 0 heterocycles. The van der Waals surface area contributed by atoms with Gasteiger partial charge in [-0.2, -0.15) is 0 Å². The molecule has 2 nitrogen and oxygen atoms in total. The van der Waals surface area contributed by atoms with Gasteiger partial charge in [-0.3, -0.25) is 0 Å². The van der Waals surface area contributed by atoms with Gasteiger partial charge in [-0.15, -0.1) is 0 Å². The minimum Gasteiger partial charge on any atom is -0.496 e. The topological polar surface area (TPSA) is 29.5 Å². The summed E-state index contributed by atoms with van der Waals surface area (Å²) >= 11 is 0. The van der Waals surface area contributed by atoms with E-state index in [9.17, 15) is 13.9 Å². The minimum atomic E-state index is -1.05. The summed E-state index contributed by atoms with van der Waals surface area (Å²) in [4.78, 5) is 0. The van der Waals surface area contributed by atoms with Crippen molar-refractivity contribution in [1.29, 1.82) is 0 Å². The van der Waals surface area contributed by atoms with Gasteiger partial charge in [0.15, 0.2) is 0 Å². The summed E-state index contributed by atoms with van der Waals surface area (Å²) in [6.07, 6.45) is -0.848. The van der Waals surface area contributed by atoms with Crippen molar-refractivity contribution in [3.8, 4) is 5.75 Å². The van der Waals surface area contributed by atoms with Crippen molar-refractivity contribution in [3.05, 3.63) is 64.7 Å². The van der Waals surface area contributed by atoms with Gasteiger partial charge < -0.3 is 9.84 Å². The van der Waals surface area contributed by atoms with E-state index in [4.69, 9.17) is 4.74 Å². The Morgan fingerprint density at radius 2 is 1.90 bits per heavy atom. The molecule has 0 aliphatic rings. The molecule has 0 bridgehead atoms. The molecule has 20 heavy (non-hydrogen) atoms. The Kier molecular flexibility index (Phi) is 4.35.